The Morgan fingerprint density at radius 2 is 1.94 bits per heavy atom. The molecule has 4 aromatic rings. The van der Waals surface area contributed by atoms with Gasteiger partial charge in [0.05, 0.1) is 17.7 Å². The van der Waals surface area contributed by atoms with Crippen molar-refractivity contribution < 1.29 is 14.1 Å². The zero-order valence-electron chi connectivity index (χ0n) is 17.2. The standard InChI is InChI=1S/C23H21N5O3/c1-3-20-24-12-10-19(26-20)18-5-4-11-25-23(18)30-17-8-6-16(7-9-17)14-22(29)27-21-13-15(2)31-28-21/h4-13H,3,14H2,1-2H3,(H,27,28,29). The number of anilines is 1. The van der Waals surface area contributed by atoms with Crippen LogP contribution in [0.1, 0.15) is 24.1 Å². The maximum absolute atomic E-state index is 12.2. The summed E-state index contributed by atoms with van der Waals surface area (Å²) in [5.74, 6) is 2.69. The number of benzene rings is 1. The second-order valence-corrected chi connectivity index (χ2v) is 6.86. The van der Waals surface area contributed by atoms with Crippen LogP contribution < -0.4 is 10.1 Å². The molecule has 156 valence electrons. The molecule has 0 saturated carbocycles. The first-order valence-electron chi connectivity index (χ1n) is 9.88. The molecule has 0 spiro atoms. The van der Waals surface area contributed by atoms with Crippen molar-refractivity contribution in [3.05, 3.63) is 78.1 Å². The summed E-state index contributed by atoms with van der Waals surface area (Å²) < 4.78 is 10.9. The van der Waals surface area contributed by atoms with Crippen molar-refractivity contribution in [2.24, 2.45) is 0 Å². The summed E-state index contributed by atoms with van der Waals surface area (Å²) in [4.78, 5) is 25.3. The molecule has 0 atom stereocenters. The molecule has 3 aromatic heterocycles. The van der Waals surface area contributed by atoms with Gasteiger partial charge < -0.3 is 14.6 Å². The first-order valence-corrected chi connectivity index (χ1v) is 9.88. The van der Waals surface area contributed by atoms with Crippen LogP contribution in [0.3, 0.4) is 0 Å². The number of pyridine rings is 1. The van der Waals surface area contributed by atoms with E-state index < -0.39 is 0 Å². The molecule has 8 nitrogen and oxygen atoms in total. The zero-order valence-corrected chi connectivity index (χ0v) is 17.2. The average molecular weight is 415 g/mol. The van der Waals surface area contributed by atoms with Crippen molar-refractivity contribution in [3.63, 3.8) is 0 Å². The summed E-state index contributed by atoms with van der Waals surface area (Å²) in [6.45, 7) is 3.77. The number of carbonyl (C=O) groups excluding carboxylic acids is 1. The van der Waals surface area contributed by atoms with Crippen LogP contribution in [-0.2, 0) is 17.6 Å². The Balaban J connectivity index is 1.45. The Kier molecular flexibility index (Phi) is 5.98. The minimum absolute atomic E-state index is 0.176. The van der Waals surface area contributed by atoms with Crippen molar-refractivity contribution in [1.82, 2.24) is 20.1 Å². The number of carbonyl (C=O) groups is 1. The van der Waals surface area contributed by atoms with E-state index in [1.165, 1.54) is 0 Å². The van der Waals surface area contributed by atoms with E-state index in [1.807, 2.05) is 37.3 Å². The fourth-order valence-electron chi connectivity index (χ4n) is 2.97. The molecule has 0 saturated heterocycles. The van der Waals surface area contributed by atoms with E-state index in [-0.39, 0.29) is 12.3 Å². The fourth-order valence-corrected chi connectivity index (χ4v) is 2.97. The number of rotatable bonds is 7. The van der Waals surface area contributed by atoms with E-state index >= 15 is 0 Å². The van der Waals surface area contributed by atoms with E-state index in [4.69, 9.17) is 9.26 Å². The van der Waals surface area contributed by atoms with Crippen LogP contribution in [0.15, 0.2) is 65.4 Å². The molecule has 0 fully saturated rings. The molecule has 0 aliphatic rings. The molecule has 1 N–H and O–H groups in total. The predicted molar refractivity (Wildman–Crippen MR) is 115 cm³/mol. The number of nitrogens with zero attached hydrogens (tertiary/aromatic N) is 4. The summed E-state index contributed by atoms with van der Waals surface area (Å²) in [5, 5.41) is 6.46. The normalized spacial score (nSPS) is 10.6. The highest BCUT2D eigenvalue weighted by Gasteiger charge is 2.12. The van der Waals surface area contributed by atoms with Crippen molar-refractivity contribution in [1.29, 1.82) is 0 Å². The lowest BCUT2D eigenvalue weighted by Gasteiger charge is -2.10. The molecule has 4 rings (SSSR count). The molecule has 0 radical (unpaired) electrons. The molecule has 0 bridgehead atoms. The molecule has 0 aliphatic carbocycles. The number of ether oxygens (including phenoxy) is 1. The monoisotopic (exact) mass is 415 g/mol. The van der Waals surface area contributed by atoms with Crippen LogP contribution in [0, 0.1) is 6.92 Å². The van der Waals surface area contributed by atoms with Crippen LogP contribution in [-0.4, -0.2) is 26.0 Å². The van der Waals surface area contributed by atoms with Gasteiger partial charge in [-0.15, -0.1) is 0 Å². The molecule has 0 aliphatic heterocycles. The topological polar surface area (TPSA) is 103 Å². The zero-order chi connectivity index (χ0) is 21.6. The summed E-state index contributed by atoms with van der Waals surface area (Å²) in [5.41, 5.74) is 2.38. The smallest absolute Gasteiger partial charge is 0.230 e. The third kappa shape index (κ3) is 5.11. The predicted octanol–water partition coefficient (Wildman–Crippen LogP) is 4.37. The van der Waals surface area contributed by atoms with Gasteiger partial charge in [-0.2, -0.15) is 0 Å². The Hall–Kier alpha value is -4.07. The Bertz CT molecular complexity index is 1190. The van der Waals surface area contributed by atoms with Gasteiger partial charge in [-0.25, -0.2) is 15.0 Å². The van der Waals surface area contributed by atoms with Crippen molar-refractivity contribution in [2.45, 2.75) is 26.7 Å². The second kappa shape index (κ2) is 9.17. The van der Waals surface area contributed by atoms with Crippen LogP contribution in [0.25, 0.3) is 11.3 Å². The second-order valence-electron chi connectivity index (χ2n) is 6.86. The lowest BCUT2D eigenvalue weighted by Crippen LogP contribution is -2.14. The highest BCUT2D eigenvalue weighted by atomic mass is 16.5. The van der Waals surface area contributed by atoms with E-state index in [2.05, 4.69) is 25.4 Å². The van der Waals surface area contributed by atoms with Crippen molar-refractivity contribution in [2.75, 3.05) is 5.32 Å². The molecule has 8 heteroatoms. The SMILES string of the molecule is CCc1nccc(-c2cccnc2Oc2ccc(CC(=O)Nc3cc(C)on3)cc2)n1. The first-order chi connectivity index (χ1) is 15.1. The summed E-state index contributed by atoms with van der Waals surface area (Å²) in [6, 6.07) is 14.5. The number of hydrogen-bond acceptors (Lipinski definition) is 7. The lowest BCUT2D eigenvalue weighted by atomic mass is 10.1. The van der Waals surface area contributed by atoms with Gasteiger partial charge in [-0.05, 0) is 42.8 Å². The van der Waals surface area contributed by atoms with Gasteiger partial charge in [0.25, 0.3) is 0 Å². The van der Waals surface area contributed by atoms with E-state index in [1.54, 1.807) is 37.5 Å². The van der Waals surface area contributed by atoms with Crippen LogP contribution >= 0.6 is 0 Å². The Labute approximate surface area is 179 Å². The average Bonchev–Trinajstić information content (AvgIpc) is 3.20. The van der Waals surface area contributed by atoms with Gasteiger partial charge in [0.15, 0.2) is 5.82 Å². The van der Waals surface area contributed by atoms with Gasteiger partial charge in [-0.1, -0.05) is 24.2 Å². The molecule has 1 amide bonds. The number of amides is 1. The molecule has 3 heterocycles. The maximum Gasteiger partial charge on any atom is 0.230 e. The quantitative estimate of drug-likeness (QED) is 0.478. The lowest BCUT2D eigenvalue weighted by molar-refractivity contribution is -0.115. The van der Waals surface area contributed by atoms with Crippen LogP contribution in [0.4, 0.5) is 5.82 Å². The Morgan fingerprint density at radius 1 is 1.10 bits per heavy atom. The molecule has 1 aromatic carbocycles. The van der Waals surface area contributed by atoms with Crippen LogP contribution in [0.2, 0.25) is 0 Å². The minimum Gasteiger partial charge on any atom is -0.438 e. The van der Waals surface area contributed by atoms with E-state index in [0.29, 0.717) is 23.2 Å². The molecule has 31 heavy (non-hydrogen) atoms. The maximum atomic E-state index is 12.2. The van der Waals surface area contributed by atoms with Crippen LogP contribution in [0.5, 0.6) is 11.6 Å². The summed E-state index contributed by atoms with van der Waals surface area (Å²) >= 11 is 0. The van der Waals surface area contributed by atoms with Gasteiger partial charge >= 0.3 is 0 Å². The van der Waals surface area contributed by atoms with Crippen molar-refractivity contribution >= 4 is 11.7 Å². The number of hydrogen-bond donors (Lipinski definition) is 1. The highest BCUT2D eigenvalue weighted by Crippen LogP contribution is 2.30. The third-order valence-corrected chi connectivity index (χ3v) is 4.47. The number of aryl methyl sites for hydroxylation is 2. The number of nitrogens with one attached hydrogen (secondary N) is 1. The van der Waals surface area contributed by atoms with Gasteiger partial charge in [0.2, 0.25) is 11.8 Å². The molecular weight excluding hydrogens is 394 g/mol. The molecular formula is C23H21N5O3. The van der Waals surface area contributed by atoms with E-state index in [9.17, 15) is 4.79 Å². The van der Waals surface area contributed by atoms with E-state index in [0.717, 1.165) is 29.1 Å². The van der Waals surface area contributed by atoms with Gasteiger partial charge in [0, 0.05) is 24.9 Å². The highest BCUT2D eigenvalue weighted by molar-refractivity contribution is 5.91. The first kappa shape index (κ1) is 20.2. The fraction of sp³-hybridized carbons (Fsp3) is 0.174. The Morgan fingerprint density at radius 3 is 2.68 bits per heavy atom. The largest absolute Gasteiger partial charge is 0.438 e. The van der Waals surface area contributed by atoms with Crippen molar-refractivity contribution in [3.8, 4) is 22.9 Å². The number of aromatic nitrogens is 4. The minimum atomic E-state index is -0.176. The van der Waals surface area contributed by atoms with Gasteiger partial charge in [0.1, 0.15) is 17.3 Å². The van der Waals surface area contributed by atoms with Gasteiger partial charge in [-0.3, -0.25) is 4.79 Å². The summed E-state index contributed by atoms with van der Waals surface area (Å²) in [6.07, 6.45) is 4.36. The summed E-state index contributed by atoms with van der Waals surface area (Å²) in [7, 11) is 0. The third-order valence-electron chi connectivity index (χ3n) is 4.47. The molecule has 0 unspecified atom stereocenters.